The molecule has 4 aromatic rings. The SMILES string of the molecule is Cc1c(F)cc(-n2c3ccc(C(C)(C)C)cc3c3cc(C(C)(C)C)ccc32)cc1F. The van der Waals surface area contributed by atoms with Gasteiger partial charge in [0.25, 0.3) is 0 Å². The van der Waals surface area contributed by atoms with E-state index in [1.807, 2.05) is 4.57 Å². The van der Waals surface area contributed by atoms with Crippen molar-refractivity contribution in [2.45, 2.75) is 59.3 Å². The molecule has 0 radical (unpaired) electrons. The van der Waals surface area contributed by atoms with E-state index in [-0.39, 0.29) is 16.4 Å². The second-order valence-corrected chi connectivity index (χ2v) is 10.3. The third-order valence-electron chi connectivity index (χ3n) is 6.02. The van der Waals surface area contributed by atoms with Gasteiger partial charge in [0, 0.05) is 16.3 Å². The minimum atomic E-state index is -0.530. The van der Waals surface area contributed by atoms with Gasteiger partial charge in [-0.25, -0.2) is 8.78 Å². The Labute approximate surface area is 177 Å². The van der Waals surface area contributed by atoms with Gasteiger partial charge in [-0.2, -0.15) is 0 Å². The number of nitrogens with zero attached hydrogens (tertiary/aromatic N) is 1. The van der Waals surface area contributed by atoms with Crippen molar-refractivity contribution in [3.05, 3.63) is 76.9 Å². The van der Waals surface area contributed by atoms with Crippen LogP contribution in [0.25, 0.3) is 27.5 Å². The molecule has 0 fully saturated rings. The van der Waals surface area contributed by atoms with E-state index in [2.05, 4.69) is 77.9 Å². The van der Waals surface area contributed by atoms with Gasteiger partial charge in [0.1, 0.15) is 11.6 Å². The number of benzene rings is 3. The van der Waals surface area contributed by atoms with E-state index >= 15 is 0 Å². The Hall–Kier alpha value is -2.68. The molecule has 156 valence electrons. The molecule has 0 unspecified atom stereocenters. The first-order chi connectivity index (χ1) is 13.9. The topological polar surface area (TPSA) is 4.93 Å². The summed E-state index contributed by atoms with van der Waals surface area (Å²) in [4.78, 5) is 0. The number of halogens is 2. The zero-order chi connectivity index (χ0) is 22.0. The van der Waals surface area contributed by atoms with Crippen molar-refractivity contribution in [1.82, 2.24) is 4.57 Å². The molecule has 0 aliphatic carbocycles. The van der Waals surface area contributed by atoms with Gasteiger partial charge in [0.05, 0.1) is 16.7 Å². The summed E-state index contributed by atoms with van der Waals surface area (Å²) < 4.78 is 30.8. The molecule has 0 saturated heterocycles. The van der Waals surface area contributed by atoms with Crippen LogP contribution in [0.5, 0.6) is 0 Å². The minimum Gasteiger partial charge on any atom is -0.309 e. The Morgan fingerprint density at radius 1 is 0.633 bits per heavy atom. The maximum absolute atomic E-state index is 14.4. The van der Waals surface area contributed by atoms with E-state index in [9.17, 15) is 8.78 Å². The van der Waals surface area contributed by atoms with Crippen molar-refractivity contribution in [3.8, 4) is 5.69 Å². The Bertz CT molecular complexity index is 1190. The van der Waals surface area contributed by atoms with E-state index < -0.39 is 11.6 Å². The molecule has 0 aliphatic rings. The summed E-state index contributed by atoms with van der Waals surface area (Å²) in [5, 5.41) is 2.20. The van der Waals surface area contributed by atoms with E-state index in [0.29, 0.717) is 5.69 Å². The van der Waals surface area contributed by atoms with E-state index in [1.54, 1.807) is 0 Å². The Morgan fingerprint density at radius 2 is 1.03 bits per heavy atom. The molecule has 3 aromatic carbocycles. The van der Waals surface area contributed by atoms with Gasteiger partial charge in [-0.15, -0.1) is 0 Å². The lowest BCUT2D eigenvalue weighted by Gasteiger charge is -2.19. The summed E-state index contributed by atoms with van der Waals surface area (Å²) in [7, 11) is 0. The van der Waals surface area contributed by atoms with E-state index in [4.69, 9.17) is 0 Å². The number of hydrogen-bond acceptors (Lipinski definition) is 0. The van der Waals surface area contributed by atoms with Crippen LogP contribution < -0.4 is 0 Å². The fraction of sp³-hybridized carbons (Fsp3) is 0.333. The third-order valence-corrected chi connectivity index (χ3v) is 6.02. The average molecular weight is 406 g/mol. The molecule has 0 N–H and O–H groups in total. The van der Waals surface area contributed by atoms with E-state index in [1.165, 1.54) is 30.2 Å². The van der Waals surface area contributed by atoms with Crippen molar-refractivity contribution in [2.24, 2.45) is 0 Å². The average Bonchev–Trinajstić information content (AvgIpc) is 2.97. The molecule has 0 saturated carbocycles. The maximum atomic E-state index is 14.4. The monoisotopic (exact) mass is 405 g/mol. The van der Waals surface area contributed by atoms with Crippen molar-refractivity contribution in [3.63, 3.8) is 0 Å². The summed E-state index contributed by atoms with van der Waals surface area (Å²) >= 11 is 0. The van der Waals surface area contributed by atoms with Crippen molar-refractivity contribution in [1.29, 1.82) is 0 Å². The molecular formula is C27H29F2N. The van der Waals surface area contributed by atoms with Crippen LogP contribution in [0, 0.1) is 18.6 Å². The summed E-state index contributed by atoms with van der Waals surface area (Å²) in [5.41, 5.74) is 4.93. The molecular weight excluding hydrogens is 376 g/mol. The van der Waals surface area contributed by atoms with Crippen LogP contribution in [0.3, 0.4) is 0 Å². The highest BCUT2D eigenvalue weighted by Gasteiger charge is 2.21. The van der Waals surface area contributed by atoms with Crippen LogP contribution in [0.1, 0.15) is 58.2 Å². The lowest BCUT2D eigenvalue weighted by atomic mass is 9.85. The normalized spacial score (nSPS) is 12.8. The molecule has 1 heterocycles. The highest BCUT2D eigenvalue weighted by atomic mass is 19.1. The molecule has 0 aliphatic heterocycles. The largest absolute Gasteiger partial charge is 0.309 e. The zero-order valence-electron chi connectivity index (χ0n) is 18.8. The first kappa shape index (κ1) is 20.6. The first-order valence-electron chi connectivity index (χ1n) is 10.4. The smallest absolute Gasteiger partial charge is 0.131 e. The van der Waals surface area contributed by atoms with Crippen LogP contribution in [0.4, 0.5) is 8.78 Å². The Kier molecular flexibility index (Phi) is 4.57. The summed E-state index contributed by atoms with van der Waals surface area (Å²) in [5.74, 6) is -1.06. The highest BCUT2D eigenvalue weighted by molar-refractivity contribution is 6.09. The van der Waals surface area contributed by atoms with Crippen LogP contribution >= 0.6 is 0 Å². The van der Waals surface area contributed by atoms with Gasteiger partial charge >= 0.3 is 0 Å². The summed E-state index contributed by atoms with van der Waals surface area (Å²) in [6.07, 6.45) is 0. The molecule has 4 rings (SSSR count). The van der Waals surface area contributed by atoms with Crippen LogP contribution in [0.15, 0.2) is 48.5 Å². The van der Waals surface area contributed by atoms with Crippen molar-refractivity contribution < 1.29 is 8.78 Å². The number of hydrogen-bond donors (Lipinski definition) is 0. The summed E-state index contributed by atoms with van der Waals surface area (Å²) in [6.45, 7) is 14.6. The predicted octanol–water partition coefficient (Wildman–Crippen LogP) is 7.97. The minimum absolute atomic E-state index is 0.00628. The van der Waals surface area contributed by atoms with Gasteiger partial charge in [-0.3, -0.25) is 0 Å². The Morgan fingerprint density at radius 3 is 1.40 bits per heavy atom. The molecule has 30 heavy (non-hydrogen) atoms. The molecule has 0 amide bonds. The van der Waals surface area contributed by atoms with Crippen molar-refractivity contribution >= 4 is 21.8 Å². The Balaban J connectivity index is 2.14. The van der Waals surface area contributed by atoms with Gasteiger partial charge in [-0.05, 0) is 65.3 Å². The number of fused-ring (bicyclic) bond motifs is 3. The maximum Gasteiger partial charge on any atom is 0.131 e. The molecule has 3 heteroatoms. The fourth-order valence-corrected chi connectivity index (χ4v) is 4.00. The fourth-order valence-electron chi connectivity index (χ4n) is 4.00. The van der Waals surface area contributed by atoms with E-state index in [0.717, 1.165) is 21.8 Å². The molecule has 1 aromatic heterocycles. The first-order valence-corrected chi connectivity index (χ1v) is 10.4. The van der Waals surface area contributed by atoms with Gasteiger partial charge in [-0.1, -0.05) is 53.7 Å². The van der Waals surface area contributed by atoms with Gasteiger partial charge in [0.15, 0.2) is 0 Å². The number of aromatic nitrogens is 1. The van der Waals surface area contributed by atoms with Gasteiger partial charge in [0.2, 0.25) is 0 Å². The zero-order valence-corrected chi connectivity index (χ0v) is 18.8. The third kappa shape index (κ3) is 3.30. The predicted molar refractivity (Wildman–Crippen MR) is 123 cm³/mol. The lowest BCUT2D eigenvalue weighted by molar-refractivity contribution is 0.567. The molecule has 0 spiro atoms. The standard InChI is InChI=1S/C27H29F2N/c1-16-22(28)14-19(15-23(16)29)30-24-10-8-17(26(2,3)4)12-20(24)21-13-18(27(5,6)7)9-11-25(21)30/h8-15H,1-7H3. The number of rotatable bonds is 1. The second kappa shape index (κ2) is 6.66. The molecule has 0 atom stereocenters. The lowest BCUT2D eigenvalue weighted by Crippen LogP contribution is -2.10. The molecule has 0 bridgehead atoms. The quantitative estimate of drug-likeness (QED) is 0.303. The van der Waals surface area contributed by atoms with Crippen molar-refractivity contribution in [2.75, 3.05) is 0 Å². The van der Waals surface area contributed by atoms with Gasteiger partial charge < -0.3 is 4.57 Å². The second-order valence-electron chi connectivity index (χ2n) is 10.3. The summed E-state index contributed by atoms with van der Waals surface area (Å²) in [6, 6.07) is 15.7. The van der Waals surface area contributed by atoms with Crippen LogP contribution in [0.2, 0.25) is 0 Å². The molecule has 1 nitrogen and oxygen atoms in total. The van der Waals surface area contributed by atoms with Crippen LogP contribution in [-0.2, 0) is 10.8 Å². The van der Waals surface area contributed by atoms with Crippen LogP contribution in [-0.4, -0.2) is 4.57 Å². The highest BCUT2D eigenvalue weighted by Crippen LogP contribution is 2.37.